The van der Waals surface area contributed by atoms with Gasteiger partial charge >= 0.3 is 0 Å². The Labute approximate surface area is 128 Å². The number of nitrogens with two attached hydrogens (primary N) is 2. The average molecular weight is 306 g/mol. The van der Waals surface area contributed by atoms with Gasteiger partial charge in [-0.05, 0) is 44.0 Å². The minimum Gasteiger partial charge on any atom is -0.399 e. The van der Waals surface area contributed by atoms with Gasteiger partial charge in [-0.15, -0.1) is 24.8 Å². The Balaban J connectivity index is 0.00000162. The Bertz CT molecular complexity index is 371. The zero-order valence-electron chi connectivity index (χ0n) is 11.4. The number of nitrogen functional groups attached to an aromatic ring is 1. The Morgan fingerprint density at radius 1 is 1.32 bits per heavy atom. The molecule has 0 aromatic heterocycles. The van der Waals surface area contributed by atoms with Crippen molar-refractivity contribution in [1.82, 2.24) is 4.90 Å². The van der Waals surface area contributed by atoms with E-state index in [0.717, 1.165) is 18.8 Å². The van der Waals surface area contributed by atoms with Gasteiger partial charge in [0.1, 0.15) is 0 Å². The van der Waals surface area contributed by atoms with Crippen molar-refractivity contribution in [1.29, 1.82) is 0 Å². The van der Waals surface area contributed by atoms with E-state index >= 15 is 0 Å². The molecule has 2 rings (SSSR count). The number of nitrogens with zero attached hydrogens (tertiary/aromatic N) is 1. The molecule has 1 aromatic rings. The highest BCUT2D eigenvalue weighted by molar-refractivity contribution is 5.85. The summed E-state index contributed by atoms with van der Waals surface area (Å²) in [4.78, 5) is 2.50. The quantitative estimate of drug-likeness (QED) is 0.844. The topological polar surface area (TPSA) is 55.3 Å². The second-order valence-corrected chi connectivity index (χ2v) is 5.14. The summed E-state index contributed by atoms with van der Waals surface area (Å²) in [6.07, 6.45) is 3.81. The van der Waals surface area contributed by atoms with Gasteiger partial charge in [0, 0.05) is 24.3 Å². The van der Waals surface area contributed by atoms with Crippen molar-refractivity contribution >= 4 is 30.5 Å². The van der Waals surface area contributed by atoms with Crippen LogP contribution in [0, 0.1) is 0 Å². The zero-order chi connectivity index (χ0) is 12.3. The summed E-state index contributed by atoms with van der Waals surface area (Å²) in [6.45, 7) is 4.24. The average Bonchev–Trinajstić information content (AvgIpc) is 2.29. The maximum Gasteiger partial charge on any atom is 0.0317 e. The summed E-state index contributed by atoms with van der Waals surface area (Å²) in [5.74, 6) is 0. The van der Waals surface area contributed by atoms with Gasteiger partial charge in [-0.2, -0.15) is 0 Å². The van der Waals surface area contributed by atoms with Gasteiger partial charge in [0.2, 0.25) is 0 Å². The van der Waals surface area contributed by atoms with E-state index in [4.69, 9.17) is 11.5 Å². The zero-order valence-corrected chi connectivity index (χ0v) is 13.1. The fourth-order valence-electron chi connectivity index (χ4n) is 2.73. The molecule has 0 amide bonds. The highest BCUT2D eigenvalue weighted by Crippen LogP contribution is 2.21. The number of rotatable bonds is 3. The molecule has 2 atom stereocenters. The molecule has 2 unspecified atom stereocenters. The lowest BCUT2D eigenvalue weighted by Gasteiger charge is -2.38. The standard InChI is InChI=1S/C14H23N3.2ClH/c1-11(15)14-7-2-3-8-17(14)10-12-5-4-6-13(16)9-12;;/h4-6,9,11,14H,2-3,7-8,10,15-16H2,1H3;2*1H. The Hall–Kier alpha value is -0.480. The summed E-state index contributed by atoms with van der Waals surface area (Å²) in [5, 5.41) is 0. The van der Waals surface area contributed by atoms with Crippen molar-refractivity contribution in [2.24, 2.45) is 5.73 Å². The van der Waals surface area contributed by atoms with Gasteiger partial charge < -0.3 is 11.5 Å². The largest absolute Gasteiger partial charge is 0.399 e. The van der Waals surface area contributed by atoms with E-state index in [2.05, 4.69) is 24.0 Å². The molecule has 3 nitrogen and oxygen atoms in total. The monoisotopic (exact) mass is 305 g/mol. The number of halogens is 2. The molecule has 1 aliphatic heterocycles. The minimum atomic E-state index is 0. The molecule has 19 heavy (non-hydrogen) atoms. The Kier molecular flexibility index (Phi) is 8.42. The maximum atomic E-state index is 6.07. The molecule has 0 saturated carbocycles. The van der Waals surface area contributed by atoms with Crippen LogP contribution < -0.4 is 11.5 Å². The summed E-state index contributed by atoms with van der Waals surface area (Å²) >= 11 is 0. The second-order valence-electron chi connectivity index (χ2n) is 5.14. The molecule has 110 valence electrons. The highest BCUT2D eigenvalue weighted by atomic mass is 35.5. The third-order valence-corrected chi connectivity index (χ3v) is 3.61. The predicted molar refractivity (Wildman–Crippen MR) is 87.0 cm³/mol. The summed E-state index contributed by atoms with van der Waals surface area (Å²) in [5.41, 5.74) is 14.0. The van der Waals surface area contributed by atoms with Crippen molar-refractivity contribution in [3.63, 3.8) is 0 Å². The normalized spacial score (nSPS) is 21.1. The molecular formula is C14H25Cl2N3. The van der Waals surface area contributed by atoms with Gasteiger partial charge in [0.05, 0.1) is 0 Å². The molecule has 0 spiro atoms. The van der Waals surface area contributed by atoms with E-state index in [9.17, 15) is 0 Å². The molecule has 0 radical (unpaired) electrons. The van der Waals surface area contributed by atoms with Gasteiger partial charge in [0.15, 0.2) is 0 Å². The molecular weight excluding hydrogens is 281 g/mol. The number of piperidine rings is 1. The van der Waals surface area contributed by atoms with E-state index in [1.54, 1.807) is 0 Å². The van der Waals surface area contributed by atoms with E-state index < -0.39 is 0 Å². The molecule has 1 fully saturated rings. The van der Waals surface area contributed by atoms with Crippen molar-refractivity contribution < 1.29 is 0 Å². The van der Waals surface area contributed by atoms with Crippen LogP contribution in [0.25, 0.3) is 0 Å². The second kappa shape index (κ2) is 8.64. The summed E-state index contributed by atoms with van der Waals surface area (Å²) < 4.78 is 0. The van der Waals surface area contributed by atoms with E-state index in [1.165, 1.54) is 24.8 Å². The predicted octanol–water partition coefficient (Wildman–Crippen LogP) is 2.81. The van der Waals surface area contributed by atoms with E-state index in [-0.39, 0.29) is 30.9 Å². The summed E-state index contributed by atoms with van der Waals surface area (Å²) in [6, 6.07) is 8.93. The number of benzene rings is 1. The van der Waals surface area contributed by atoms with Crippen LogP contribution in [0.4, 0.5) is 5.69 Å². The third kappa shape index (κ3) is 5.19. The molecule has 0 aliphatic carbocycles. The van der Waals surface area contributed by atoms with Crippen molar-refractivity contribution in [3.8, 4) is 0 Å². The van der Waals surface area contributed by atoms with Crippen LogP contribution in [-0.4, -0.2) is 23.5 Å². The summed E-state index contributed by atoms with van der Waals surface area (Å²) in [7, 11) is 0. The first kappa shape index (κ1) is 18.5. The fraction of sp³-hybridized carbons (Fsp3) is 0.571. The highest BCUT2D eigenvalue weighted by Gasteiger charge is 2.25. The van der Waals surface area contributed by atoms with Crippen LogP contribution in [0.3, 0.4) is 0 Å². The number of hydrogen-bond donors (Lipinski definition) is 2. The van der Waals surface area contributed by atoms with Crippen molar-refractivity contribution in [3.05, 3.63) is 29.8 Å². The fourth-order valence-corrected chi connectivity index (χ4v) is 2.73. The SMILES string of the molecule is CC(N)C1CCCCN1Cc1cccc(N)c1.Cl.Cl. The number of hydrogen-bond acceptors (Lipinski definition) is 3. The third-order valence-electron chi connectivity index (χ3n) is 3.61. The van der Waals surface area contributed by atoms with Crippen molar-refractivity contribution in [2.45, 2.75) is 44.8 Å². The first-order valence-electron chi connectivity index (χ1n) is 6.51. The number of anilines is 1. The van der Waals surface area contributed by atoms with Crippen LogP contribution in [0.1, 0.15) is 31.7 Å². The Morgan fingerprint density at radius 2 is 2.05 bits per heavy atom. The first-order valence-corrected chi connectivity index (χ1v) is 6.51. The van der Waals surface area contributed by atoms with Gasteiger partial charge in [-0.25, -0.2) is 0 Å². The van der Waals surface area contributed by atoms with Crippen LogP contribution >= 0.6 is 24.8 Å². The van der Waals surface area contributed by atoms with E-state index in [1.807, 2.05) is 12.1 Å². The van der Waals surface area contributed by atoms with Crippen LogP contribution in [-0.2, 0) is 6.54 Å². The smallest absolute Gasteiger partial charge is 0.0317 e. The van der Waals surface area contributed by atoms with Gasteiger partial charge in [-0.3, -0.25) is 4.90 Å². The van der Waals surface area contributed by atoms with Crippen molar-refractivity contribution in [2.75, 3.05) is 12.3 Å². The molecule has 4 N–H and O–H groups in total. The lowest BCUT2D eigenvalue weighted by molar-refractivity contribution is 0.123. The Morgan fingerprint density at radius 3 is 2.68 bits per heavy atom. The maximum absolute atomic E-state index is 6.07. The van der Waals surface area contributed by atoms with Crippen LogP contribution in [0.5, 0.6) is 0 Å². The molecule has 1 aromatic carbocycles. The molecule has 1 aliphatic rings. The van der Waals surface area contributed by atoms with Crippen LogP contribution in [0.15, 0.2) is 24.3 Å². The van der Waals surface area contributed by atoms with Crippen LogP contribution in [0.2, 0.25) is 0 Å². The first-order chi connectivity index (χ1) is 8.16. The van der Waals surface area contributed by atoms with Gasteiger partial charge in [-0.1, -0.05) is 18.6 Å². The molecule has 5 heteroatoms. The lowest BCUT2D eigenvalue weighted by atomic mass is 9.96. The van der Waals surface area contributed by atoms with Gasteiger partial charge in [0.25, 0.3) is 0 Å². The molecule has 0 bridgehead atoms. The molecule has 1 heterocycles. The minimum absolute atomic E-state index is 0. The van der Waals surface area contributed by atoms with E-state index in [0.29, 0.717) is 6.04 Å². The molecule has 1 saturated heterocycles. The lowest BCUT2D eigenvalue weighted by Crippen LogP contribution is -2.48. The number of likely N-dealkylation sites (tertiary alicyclic amines) is 1.